The number of aryl methyl sites for hydroxylation is 1. The van der Waals surface area contributed by atoms with E-state index in [1.165, 1.54) is 0 Å². The molecule has 0 aliphatic rings. The normalized spacial score (nSPS) is 11.8. The van der Waals surface area contributed by atoms with E-state index >= 15 is 0 Å². The molecule has 2 aromatic heterocycles. The smallest absolute Gasteiger partial charge is 0.136 e. The van der Waals surface area contributed by atoms with Crippen molar-refractivity contribution >= 4 is 121 Å². The summed E-state index contributed by atoms with van der Waals surface area (Å²) in [6, 6.07) is 55.3. The number of fused-ring (bicyclic) bond motifs is 6. The molecule has 0 saturated carbocycles. The predicted molar refractivity (Wildman–Crippen MR) is 261 cm³/mol. The molecule has 61 heavy (non-hydrogen) atoms. The summed E-state index contributed by atoms with van der Waals surface area (Å²) in [6.45, 7) is 2.15. The van der Waals surface area contributed by atoms with E-state index in [-0.39, 0.29) is 16.4 Å². The Morgan fingerprint density at radius 2 is 1.05 bits per heavy atom. The number of imidazole rings is 1. The Morgan fingerprint density at radius 3 is 1.84 bits per heavy atom. The number of para-hydroxylation sites is 3. The van der Waals surface area contributed by atoms with Crippen LogP contribution in [-0.4, -0.2) is 48.8 Å². The maximum Gasteiger partial charge on any atom is 0.136 e. The van der Waals surface area contributed by atoms with Gasteiger partial charge in [-0.15, -0.1) is 16.4 Å². The van der Waals surface area contributed by atoms with Crippen molar-refractivity contribution in [1.29, 1.82) is 0 Å². The average Bonchev–Trinajstić information content (AvgIpc) is 3.88. The summed E-state index contributed by atoms with van der Waals surface area (Å²) in [5.74, 6) is 1.02. The molecule has 9 aromatic carbocycles. The number of nitrogens with zero attached hydrogens (tertiary/aromatic N) is 2. The first-order valence-corrected chi connectivity index (χ1v) is 20.4. The highest BCUT2D eigenvalue weighted by Gasteiger charge is 2.22. The van der Waals surface area contributed by atoms with E-state index in [1.54, 1.807) is 0 Å². The number of benzene rings is 9. The van der Waals surface area contributed by atoms with E-state index in [9.17, 15) is 0 Å². The molecule has 10 radical (unpaired) electrons. The van der Waals surface area contributed by atoms with Crippen LogP contribution < -0.4 is 27.3 Å². The lowest BCUT2D eigenvalue weighted by Crippen LogP contribution is -2.55. The van der Waals surface area contributed by atoms with Gasteiger partial charge in [-0.25, -0.2) is 4.98 Å². The van der Waals surface area contributed by atoms with Gasteiger partial charge >= 0.3 is 0 Å². The summed E-state index contributed by atoms with van der Waals surface area (Å²) in [6.07, 6.45) is 0.815. The van der Waals surface area contributed by atoms with Gasteiger partial charge in [0.15, 0.2) is 0 Å². The molecular weight excluding hydrogens is 735 g/mol. The molecule has 0 amide bonds. The highest BCUT2D eigenvalue weighted by Crippen LogP contribution is 2.48. The van der Waals surface area contributed by atoms with E-state index in [0.717, 1.165) is 111 Å². The molecule has 0 unspecified atom stereocenters. The van der Waals surface area contributed by atoms with Crippen LogP contribution in [0.1, 0.15) is 12.7 Å². The van der Waals surface area contributed by atoms with Gasteiger partial charge in [0.1, 0.15) is 56.2 Å². The molecule has 0 spiro atoms. The number of rotatable bonds is 6. The lowest BCUT2D eigenvalue weighted by Gasteiger charge is -2.23. The SMILES string of the molecule is [B]c1c([B])c([B])c(-c2ccc3c(-c4cccc(-c5cccc(-n6c(CC)nc7ccccc76)c5)c4)c4ccccc4c(-c4cccc5oc6ccccc6c45)c3c2)c([B])c1[B]. The summed E-state index contributed by atoms with van der Waals surface area (Å²) < 4.78 is 8.71. The second-order valence-electron chi connectivity index (χ2n) is 15.6. The highest BCUT2D eigenvalue weighted by atomic mass is 16.3. The standard InChI is InChI=1S/C53H31B5N2O/c1-2-44-59-40-20-6-7-21-41(40)60(44)33-15-10-13-30(27-33)29-12-9-14-31(26-29)45-34-16-3-4-17-35(34)47(38-19-11-23-43-48(38)37-18-5-8-22-42(37)61-43)39-28-32(24-25-36(39)45)46-49(54)51(56)53(58)52(57)50(46)55/h3-28H,2H2,1H3. The Kier molecular flexibility index (Phi) is 8.75. The first-order chi connectivity index (χ1) is 29.8. The summed E-state index contributed by atoms with van der Waals surface area (Å²) in [4.78, 5) is 4.95. The maximum absolute atomic E-state index is 6.71. The Balaban J connectivity index is 1.19. The topological polar surface area (TPSA) is 31.0 Å². The zero-order valence-corrected chi connectivity index (χ0v) is 33.4. The summed E-state index contributed by atoms with van der Waals surface area (Å²) in [5, 5.41) is 6.35. The fourth-order valence-electron chi connectivity index (χ4n) is 9.36. The van der Waals surface area contributed by atoms with E-state index in [0.29, 0.717) is 16.5 Å². The molecule has 0 N–H and O–H groups in total. The molecule has 3 nitrogen and oxygen atoms in total. The molecule has 2 heterocycles. The lowest BCUT2D eigenvalue weighted by molar-refractivity contribution is 0.669. The molecule has 0 aliphatic carbocycles. The fraction of sp³-hybridized carbons (Fsp3) is 0.0377. The van der Waals surface area contributed by atoms with E-state index in [2.05, 4.69) is 139 Å². The van der Waals surface area contributed by atoms with Crippen molar-refractivity contribution in [3.63, 3.8) is 0 Å². The molecule has 0 saturated heterocycles. The largest absolute Gasteiger partial charge is 0.456 e. The molecule has 0 aliphatic heterocycles. The van der Waals surface area contributed by atoms with Crippen molar-refractivity contribution < 1.29 is 4.42 Å². The molecule has 274 valence electrons. The van der Waals surface area contributed by atoms with Gasteiger partial charge in [0, 0.05) is 22.9 Å². The predicted octanol–water partition coefficient (Wildman–Crippen LogP) is 8.43. The maximum atomic E-state index is 6.71. The Morgan fingerprint density at radius 1 is 0.459 bits per heavy atom. The van der Waals surface area contributed by atoms with Crippen LogP contribution in [0.4, 0.5) is 0 Å². The molecule has 11 rings (SSSR count). The van der Waals surface area contributed by atoms with Crippen LogP contribution in [0.5, 0.6) is 0 Å². The van der Waals surface area contributed by atoms with Crippen molar-refractivity contribution in [2.24, 2.45) is 0 Å². The minimum Gasteiger partial charge on any atom is -0.456 e. The first kappa shape index (κ1) is 37.1. The monoisotopic (exact) mass is 766 g/mol. The van der Waals surface area contributed by atoms with Crippen molar-refractivity contribution in [2.75, 3.05) is 0 Å². The van der Waals surface area contributed by atoms with Gasteiger partial charge in [-0.3, -0.25) is 4.57 Å². The molecule has 8 heteroatoms. The first-order valence-electron chi connectivity index (χ1n) is 20.4. The van der Waals surface area contributed by atoms with Crippen molar-refractivity contribution in [3.05, 3.63) is 164 Å². The minimum absolute atomic E-state index is 0.182. The average molecular weight is 766 g/mol. The highest BCUT2D eigenvalue weighted by molar-refractivity contribution is 6.68. The number of furan rings is 1. The molecule has 11 aromatic rings. The third kappa shape index (κ3) is 5.76. The van der Waals surface area contributed by atoms with E-state index in [4.69, 9.17) is 48.6 Å². The summed E-state index contributed by atoms with van der Waals surface area (Å²) >= 11 is 0. The Labute approximate surface area is 360 Å². The lowest BCUT2D eigenvalue weighted by atomic mass is 9.59. The number of aromatic nitrogens is 2. The molecule has 0 atom stereocenters. The van der Waals surface area contributed by atoms with Crippen LogP contribution >= 0.6 is 0 Å². The van der Waals surface area contributed by atoms with Gasteiger partial charge in [0.25, 0.3) is 0 Å². The van der Waals surface area contributed by atoms with Crippen LogP contribution in [0.25, 0.3) is 105 Å². The van der Waals surface area contributed by atoms with Gasteiger partial charge in [-0.05, 0) is 115 Å². The quantitative estimate of drug-likeness (QED) is 0.126. The van der Waals surface area contributed by atoms with Gasteiger partial charge < -0.3 is 4.42 Å². The zero-order chi connectivity index (χ0) is 41.5. The van der Waals surface area contributed by atoms with E-state index in [1.807, 2.05) is 30.3 Å². The second-order valence-corrected chi connectivity index (χ2v) is 15.6. The number of hydrogen-bond donors (Lipinski definition) is 0. The van der Waals surface area contributed by atoms with Gasteiger partial charge in [-0.1, -0.05) is 127 Å². The molecular formula is C53H31B5N2O. The van der Waals surface area contributed by atoms with Crippen molar-refractivity contribution in [1.82, 2.24) is 9.55 Å². The van der Waals surface area contributed by atoms with Crippen LogP contribution in [-0.2, 0) is 6.42 Å². The Hall–Kier alpha value is -6.91. The third-order valence-electron chi connectivity index (χ3n) is 12.2. The molecule has 0 fully saturated rings. The number of hydrogen-bond acceptors (Lipinski definition) is 2. The van der Waals surface area contributed by atoms with Crippen molar-refractivity contribution in [2.45, 2.75) is 13.3 Å². The van der Waals surface area contributed by atoms with Gasteiger partial charge in [-0.2, -0.15) is 0 Å². The van der Waals surface area contributed by atoms with Crippen LogP contribution in [0.2, 0.25) is 0 Å². The van der Waals surface area contributed by atoms with Crippen LogP contribution in [0.3, 0.4) is 0 Å². The zero-order valence-electron chi connectivity index (χ0n) is 33.4. The van der Waals surface area contributed by atoms with Crippen LogP contribution in [0, 0.1) is 0 Å². The van der Waals surface area contributed by atoms with Crippen molar-refractivity contribution in [3.8, 4) is 50.2 Å². The summed E-state index contributed by atoms with van der Waals surface area (Å²) in [7, 11) is 32.6. The molecule has 0 bridgehead atoms. The second kappa shape index (κ2) is 14.4. The minimum atomic E-state index is 0.182. The third-order valence-corrected chi connectivity index (χ3v) is 12.2. The van der Waals surface area contributed by atoms with Crippen LogP contribution in [0.15, 0.2) is 162 Å². The van der Waals surface area contributed by atoms with E-state index < -0.39 is 0 Å². The fourth-order valence-corrected chi connectivity index (χ4v) is 9.36. The van der Waals surface area contributed by atoms with Gasteiger partial charge in [0.2, 0.25) is 0 Å². The Bertz CT molecular complexity index is 3570. The van der Waals surface area contributed by atoms with Gasteiger partial charge in [0.05, 0.1) is 11.0 Å². The summed E-state index contributed by atoms with van der Waals surface area (Å²) in [5.41, 5.74) is 13.8.